The van der Waals surface area contributed by atoms with Gasteiger partial charge in [0.1, 0.15) is 0 Å². The Labute approximate surface area is 48.9 Å². The maximum Gasteiger partial charge on any atom is 0.747 e. The fraction of sp³-hybridized carbons (Fsp3) is 0.500. The van der Waals surface area contributed by atoms with Crippen LogP contribution >= 0.6 is 8.25 Å². The van der Waals surface area contributed by atoms with E-state index in [0.717, 1.165) is 0 Å². The smallest absolute Gasteiger partial charge is 0.235 e. The number of hydrogen-bond acceptors (Lipinski definition) is 2. The van der Waals surface area contributed by atoms with Gasteiger partial charge in [0.2, 0.25) is 0 Å². The van der Waals surface area contributed by atoms with Gasteiger partial charge in [-0.1, -0.05) is 0 Å². The van der Waals surface area contributed by atoms with Crippen molar-refractivity contribution >= 4 is 8.25 Å². The molecule has 3 nitrogen and oxygen atoms in total. The van der Waals surface area contributed by atoms with Crippen molar-refractivity contribution in [3.8, 4) is 0 Å². The molecule has 0 bridgehead atoms. The minimum Gasteiger partial charge on any atom is -0.235 e. The van der Waals surface area contributed by atoms with Gasteiger partial charge >= 0.3 is 8.25 Å². The summed E-state index contributed by atoms with van der Waals surface area (Å²) in [5, 5.41) is 0. The lowest BCUT2D eigenvalue weighted by molar-refractivity contribution is 0.352. The van der Waals surface area contributed by atoms with Crippen LogP contribution in [0.5, 0.6) is 0 Å². The molecule has 0 heterocycles. The quantitative estimate of drug-likeness (QED) is 0.461. The third-order valence-corrected chi connectivity index (χ3v) is 1.07. The van der Waals surface area contributed by atoms with Crippen molar-refractivity contribution in [2.75, 3.05) is 0 Å². The second kappa shape index (κ2) is 3.58. The molecule has 0 aromatic carbocycles. The SMILES string of the molecule is CC=C(C)O[P+](=O)O. The third-order valence-electron chi connectivity index (χ3n) is 0.629. The molecule has 0 aliphatic carbocycles. The molecule has 0 aliphatic heterocycles. The highest BCUT2D eigenvalue weighted by atomic mass is 31.1. The number of allylic oxidation sites excluding steroid dienone is 2. The molecule has 0 amide bonds. The van der Waals surface area contributed by atoms with Crippen LogP contribution in [0.3, 0.4) is 0 Å². The van der Waals surface area contributed by atoms with E-state index in [2.05, 4.69) is 4.52 Å². The first-order valence-corrected chi connectivity index (χ1v) is 3.27. The van der Waals surface area contributed by atoms with E-state index >= 15 is 0 Å². The maximum absolute atomic E-state index is 9.85. The van der Waals surface area contributed by atoms with Crippen molar-refractivity contribution in [2.45, 2.75) is 13.8 Å². The first-order valence-electron chi connectivity index (χ1n) is 2.14. The summed E-state index contributed by atoms with van der Waals surface area (Å²) in [5.41, 5.74) is 0. The van der Waals surface area contributed by atoms with Gasteiger partial charge in [0.05, 0.1) is 0 Å². The predicted octanol–water partition coefficient (Wildman–Crippen LogP) is 1.58. The van der Waals surface area contributed by atoms with Crippen LogP contribution in [0.25, 0.3) is 0 Å². The molecule has 0 rings (SSSR count). The topological polar surface area (TPSA) is 46.5 Å². The van der Waals surface area contributed by atoms with Crippen molar-refractivity contribution in [3.05, 3.63) is 11.8 Å². The Kier molecular flexibility index (Phi) is 3.40. The zero-order valence-electron chi connectivity index (χ0n) is 4.79. The molecule has 1 atom stereocenters. The zero-order valence-corrected chi connectivity index (χ0v) is 5.68. The Morgan fingerprint density at radius 1 is 1.88 bits per heavy atom. The van der Waals surface area contributed by atoms with E-state index in [9.17, 15) is 4.57 Å². The Bertz CT molecular complexity index is 118. The van der Waals surface area contributed by atoms with Crippen molar-refractivity contribution in [1.82, 2.24) is 0 Å². The van der Waals surface area contributed by atoms with Crippen LogP contribution in [-0.2, 0) is 9.09 Å². The van der Waals surface area contributed by atoms with Crippen molar-refractivity contribution < 1.29 is 14.0 Å². The first kappa shape index (κ1) is 7.60. The Morgan fingerprint density at radius 2 is 2.38 bits per heavy atom. The van der Waals surface area contributed by atoms with Gasteiger partial charge in [0.15, 0.2) is 5.76 Å². The van der Waals surface area contributed by atoms with Gasteiger partial charge in [0.25, 0.3) is 0 Å². The van der Waals surface area contributed by atoms with Crippen molar-refractivity contribution in [2.24, 2.45) is 0 Å². The zero-order chi connectivity index (χ0) is 6.57. The minimum atomic E-state index is -2.46. The van der Waals surface area contributed by atoms with Crippen LogP contribution in [-0.4, -0.2) is 4.89 Å². The van der Waals surface area contributed by atoms with Gasteiger partial charge in [-0.25, -0.2) is 4.52 Å². The summed E-state index contributed by atoms with van der Waals surface area (Å²) in [7, 11) is -2.46. The van der Waals surface area contributed by atoms with E-state index in [1.54, 1.807) is 19.9 Å². The normalized spacial score (nSPS) is 13.4. The monoisotopic (exact) mass is 135 g/mol. The Hall–Kier alpha value is -0.400. The van der Waals surface area contributed by atoms with Gasteiger partial charge in [0, 0.05) is 4.57 Å². The molecule has 0 saturated heterocycles. The fourth-order valence-corrected chi connectivity index (χ4v) is 0.528. The van der Waals surface area contributed by atoms with Crippen LogP contribution in [0.1, 0.15) is 13.8 Å². The summed E-state index contributed by atoms with van der Waals surface area (Å²) in [6, 6.07) is 0. The number of hydrogen-bond donors (Lipinski definition) is 1. The lowest BCUT2D eigenvalue weighted by Gasteiger charge is -1.81. The average molecular weight is 135 g/mol. The van der Waals surface area contributed by atoms with Gasteiger partial charge in [-0.05, 0) is 19.9 Å². The van der Waals surface area contributed by atoms with Crippen molar-refractivity contribution in [1.29, 1.82) is 0 Å². The van der Waals surface area contributed by atoms with Crippen LogP contribution in [0, 0.1) is 0 Å². The van der Waals surface area contributed by atoms with Gasteiger partial charge in [-0.2, -0.15) is 0 Å². The van der Waals surface area contributed by atoms with Gasteiger partial charge < -0.3 is 0 Å². The summed E-state index contributed by atoms with van der Waals surface area (Å²) in [6.45, 7) is 3.34. The highest BCUT2D eigenvalue weighted by Gasteiger charge is 2.11. The summed E-state index contributed by atoms with van der Waals surface area (Å²) in [5.74, 6) is 0.466. The molecule has 0 radical (unpaired) electrons. The standard InChI is InChI=1S/C4H7O3P/c1-3-4(2)7-8(5)6/h3H,1-2H3/p+1. The first-order chi connectivity index (χ1) is 3.66. The fourth-order valence-electron chi connectivity index (χ4n) is 0.176. The molecule has 4 heteroatoms. The van der Waals surface area contributed by atoms with Crippen molar-refractivity contribution in [3.63, 3.8) is 0 Å². The molecule has 0 fully saturated rings. The van der Waals surface area contributed by atoms with E-state index in [-0.39, 0.29) is 0 Å². The molecule has 0 aromatic heterocycles. The third kappa shape index (κ3) is 3.78. The Balaban J connectivity index is 3.56. The summed E-state index contributed by atoms with van der Waals surface area (Å²) in [4.78, 5) is 8.10. The maximum atomic E-state index is 9.85. The van der Waals surface area contributed by atoms with Crippen LogP contribution in [0.15, 0.2) is 11.8 Å². The molecular weight excluding hydrogens is 127 g/mol. The lowest BCUT2D eigenvalue weighted by atomic mass is 10.5. The van der Waals surface area contributed by atoms with Crippen LogP contribution < -0.4 is 0 Å². The molecular formula is C4H8O3P+. The summed E-state index contributed by atoms with van der Waals surface area (Å²) >= 11 is 0. The highest BCUT2D eigenvalue weighted by Crippen LogP contribution is 2.19. The highest BCUT2D eigenvalue weighted by molar-refractivity contribution is 7.32. The van der Waals surface area contributed by atoms with Gasteiger partial charge in [-0.15, -0.1) is 4.89 Å². The molecule has 8 heavy (non-hydrogen) atoms. The van der Waals surface area contributed by atoms with E-state index in [1.807, 2.05) is 0 Å². The minimum absolute atomic E-state index is 0.466. The molecule has 0 spiro atoms. The molecule has 0 saturated carbocycles. The lowest BCUT2D eigenvalue weighted by Crippen LogP contribution is -1.73. The Morgan fingerprint density at radius 3 is 2.50 bits per heavy atom. The van der Waals surface area contributed by atoms with E-state index < -0.39 is 8.25 Å². The van der Waals surface area contributed by atoms with E-state index in [0.29, 0.717) is 5.76 Å². The number of rotatable bonds is 2. The molecule has 46 valence electrons. The van der Waals surface area contributed by atoms with E-state index in [4.69, 9.17) is 4.89 Å². The summed E-state index contributed by atoms with van der Waals surface area (Å²) in [6.07, 6.45) is 1.61. The average Bonchev–Trinajstić information content (AvgIpc) is 1.65. The van der Waals surface area contributed by atoms with Crippen LogP contribution in [0.4, 0.5) is 0 Å². The second-order valence-electron chi connectivity index (χ2n) is 1.23. The molecule has 0 aromatic rings. The second-order valence-corrected chi connectivity index (χ2v) is 1.89. The molecule has 0 aliphatic rings. The summed E-state index contributed by atoms with van der Waals surface area (Å²) < 4.78 is 14.2. The van der Waals surface area contributed by atoms with E-state index in [1.165, 1.54) is 0 Å². The molecule has 1 unspecified atom stereocenters. The predicted molar refractivity (Wildman–Crippen MR) is 30.3 cm³/mol. The largest absolute Gasteiger partial charge is 0.747 e. The molecule has 1 N–H and O–H groups in total. The van der Waals surface area contributed by atoms with Crippen LogP contribution in [0.2, 0.25) is 0 Å². The van der Waals surface area contributed by atoms with Gasteiger partial charge in [-0.3, -0.25) is 0 Å².